The minimum absolute atomic E-state index is 0.0604. The summed E-state index contributed by atoms with van der Waals surface area (Å²) < 4.78 is 7.97. The van der Waals surface area contributed by atoms with E-state index in [0.717, 1.165) is 0 Å². The van der Waals surface area contributed by atoms with Crippen LogP contribution >= 0.6 is 0 Å². The van der Waals surface area contributed by atoms with Gasteiger partial charge in [0, 0.05) is 0 Å². The molecule has 0 spiro atoms. The standard InChI is InChI=1S/C45H30N2Se/c1-45(2)36-15-7-3-11-29(36)30-21-19-27(25-37(30)45)46-39-17-9-5-14-35(39)43-40(46)24-23-34-31-12-4-8-16-38(31)47(44(34)43)28-20-22-33-32-13-6-10-18-41(32)48-42(33)26-28/h3-26H,1-2H3. The molecular weight excluding hydrogens is 647 g/mol. The summed E-state index contributed by atoms with van der Waals surface area (Å²) in [5.41, 5.74) is 12.9. The average Bonchev–Trinajstić information content (AvgIpc) is 3.83. The van der Waals surface area contributed by atoms with E-state index in [4.69, 9.17) is 0 Å². The van der Waals surface area contributed by atoms with E-state index in [9.17, 15) is 0 Å². The van der Waals surface area contributed by atoms with Crippen LogP contribution in [0.3, 0.4) is 0 Å². The molecule has 0 amide bonds. The Morgan fingerprint density at radius 1 is 0.438 bits per heavy atom. The fourth-order valence-electron chi connectivity index (χ4n) is 8.74. The molecule has 0 radical (unpaired) electrons. The number of benzene rings is 7. The molecule has 0 fully saturated rings. The molecule has 7 aromatic carbocycles. The predicted octanol–water partition coefficient (Wildman–Crippen LogP) is 11.6. The van der Waals surface area contributed by atoms with Gasteiger partial charge in [-0.1, -0.05) is 38.1 Å². The maximum absolute atomic E-state index is 2.53. The van der Waals surface area contributed by atoms with Crippen molar-refractivity contribution in [3.63, 3.8) is 0 Å². The monoisotopic (exact) mass is 678 g/mol. The molecule has 1 aliphatic rings. The van der Waals surface area contributed by atoms with E-state index < -0.39 is 0 Å². The van der Waals surface area contributed by atoms with E-state index in [0.29, 0.717) is 14.5 Å². The molecule has 0 saturated heterocycles. The molecular formula is C45H30N2Se. The first-order chi connectivity index (χ1) is 23.6. The minimum atomic E-state index is -0.0604. The van der Waals surface area contributed by atoms with Crippen molar-refractivity contribution in [1.29, 1.82) is 0 Å². The molecule has 0 saturated carbocycles. The fraction of sp³-hybridized carbons (Fsp3) is 0.0667. The summed E-state index contributed by atoms with van der Waals surface area (Å²) in [6, 6.07) is 54.7. The quantitative estimate of drug-likeness (QED) is 0.161. The zero-order valence-corrected chi connectivity index (χ0v) is 28.4. The normalized spacial score (nSPS) is 13.8. The Kier molecular flexibility index (Phi) is 5.22. The van der Waals surface area contributed by atoms with Gasteiger partial charge in [0.2, 0.25) is 0 Å². The molecule has 10 aromatic rings. The fourth-order valence-corrected chi connectivity index (χ4v) is 11.1. The Labute approximate surface area is 283 Å². The van der Waals surface area contributed by atoms with Crippen LogP contribution in [-0.4, -0.2) is 23.6 Å². The van der Waals surface area contributed by atoms with Gasteiger partial charge in [-0.15, -0.1) is 0 Å². The zero-order valence-electron chi connectivity index (χ0n) is 26.7. The Bertz CT molecular complexity index is 2980. The van der Waals surface area contributed by atoms with E-state index in [1.807, 2.05) is 0 Å². The Hall–Kier alpha value is -5.34. The van der Waals surface area contributed by atoms with Gasteiger partial charge >= 0.3 is 236 Å². The van der Waals surface area contributed by atoms with Crippen LogP contribution in [0.4, 0.5) is 0 Å². The summed E-state index contributed by atoms with van der Waals surface area (Å²) in [6.07, 6.45) is 0. The van der Waals surface area contributed by atoms with Crippen LogP contribution < -0.4 is 0 Å². The number of fused-ring (bicyclic) bond motifs is 13. The molecule has 0 atom stereocenters. The second-order valence-corrected chi connectivity index (χ2v) is 16.0. The molecule has 0 N–H and O–H groups in total. The van der Waals surface area contributed by atoms with Gasteiger partial charge in [-0.3, -0.25) is 0 Å². The van der Waals surface area contributed by atoms with E-state index in [1.54, 1.807) is 0 Å². The van der Waals surface area contributed by atoms with Crippen molar-refractivity contribution in [3.8, 4) is 22.5 Å². The second kappa shape index (κ2) is 9.39. The molecule has 1 aliphatic carbocycles. The summed E-state index contributed by atoms with van der Waals surface area (Å²) in [7, 11) is 0. The third-order valence-corrected chi connectivity index (χ3v) is 13.3. The number of aromatic nitrogens is 2. The van der Waals surface area contributed by atoms with E-state index in [-0.39, 0.29) is 5.41 Å². The number of rotatable bonds is 2. The average molecular weight is 678 g/mol. The Morgan fingerprint density at radius 3 is 1.94 bits per heavy atom. The molecule has 11 rings (SSSR count). The zero-order chi connectivity index (χ0) is 31.7. The van der Waals surface area contributed by atoms with Crippen molar-refractivity contribution in [2.75, 3.05) is 0 Å². The second-order valence-electron chi connectivity index (χ2n) is 13.7. The molecule has 226 valence electrons. The van der Waals surface area contributed by atoms with Crippen LogP contribution in [0.2, 0.25) is 0 Å². The molecule has 3 heteroatoms. The number of nitrogens with zero attached hydrogens (tertiary/aromatic N) is 2. The Morgan fingerprint density at radius 2 is 1.06 bits per heavy atom. The summed E-state index contributed by atoms with van der Waals surface area (Å²) in [5.74, 6) is 0. The molecule has 3 heterocycles. The van der Waals surface area contributed by atoms with Crippen molar-refractivity contribution >= 4 is 77.4 Å². The maximum atomic E-state index is 2.53. The van der Waals surface area contributed by atoms with Crippen molar-refractivity contribution < 1.29 is 0 Å². The van der Waals surface area contributed by atoms with Crippen LogP contribution in [0, 0.1) is 0 Å². The molecule has 0 aliphatic heterocycles. The summed E-state index contributed by atoms with van der Waals surface area (Å²) >= 11 is 0.299. The van der Waals surface area contributed by atoms with Gasteiger partial charge in [-0.25, -0.2) is 0 Å². The SMILES string of the molecule is CC1(C)c2ccccc2-c2ccc(-n3c4ccccc4c4c3ccc3c5ccccc5n(-c5ccc6c(c5)[se]c5ccccc56)c34)cc21. The van der Waals surface area contributed by atoms with Gasteiger partial charge in [-0.2, -0.15) is 0 Å². The van der Waals surface area contributed by atoms with Crippen LogP contribution in [-0.2, 0) is 5.41 Å². The van der Waals surface area contributed by atoms with E-state index >= 15 is 0 Å². The van der Waals surface area contributed by atoms with E-state index in [2.05, 4.69) is 169 Å². The summed E-state index contributed by atoms with van der Waals surface area (Å²) in [6.45, 7) is 4.73. The third kappa shape index (κ3) is 3.37. The van der Waals surface area contributed by atoms with Gasteiger partial charge < -0.3 is 0 Å². The van der Waals surface area contributed by atoms with Crippen molar-refractivity contribution in [2.24, 2.45) is 0 Å². The van der Waals surface area contributed by atoms with Crippen LogP contribution in [0.1, 0.15) is 25.0 Å². The predicted molar refractivity (Wildman–Crippen MR) is 205 cm³/mol. The van der Waals surface area contributed by atoms with Crippen LogP contribution in [0.5, 0.6) is 0 Å². The van der Waals surface area contributed by atoms with Gasteiger partial charge in [0.1, 0.15) is 0 Å². The first kappa shape index (κ1) is 26.7. The van der Waals surface area contributed by atoms with Crippen LogP contribution in [0.15, 0.2) is 146 Å². The van der Waals surface area contributed by atoms with Gasteiger partial charge in [0.25, 0.3) is 0 Å². The third-order valence-electron chi connectivity index (χ3n) is 10.9. The van der Waals surface area contributed by atoms with E-state index in [1.165, 1.54) is 96.5 Å². The number of hydrogen-bond donors (Lipinski definition) is 0. The van der Waals surface area contributed by atoms with Crippen molar-refractivity contribution in [1.82, 2.24) is 9.13 Å². The summed E-state index contributed by atoms with van der Waals surface area (Å²) in [4.78, 5) is 0. The van der Waals surface area contributed by atoms with Crippen molar-refractivity contribution in [2.45, 2.75) is 19.3 Å². The topological polar surface area (TPSA) is 9.86 Å². The molecule has 3 aromatic heterocycles. The molecule has 0 unspecified atom stereocenters. The molecule has 0 bridgehead atoms. The molecule has 2 nitrogen and oxygen atoms in total. The van der Waals surface area contributed by atoms with Crippen LogP contribution in [0.25, 0.3) is 85.4 Å². The number of para-hydroxylation sites is 2. The first-order valence-electron chi connectivity index (χ1n) is 16.7. The summed E-state index contributed by atoms with van der Waals surface area (Å²) in [5, 5.41) is 7.95. The number of hydrogen-bond acceptors (Lipinski definition) is 0. The van der Waals surface area contributed by atoms with Gasteiger partial charge in [0.15, 0.2) is 0 Å². The van der Waals surface area contributed by atoms with Gasteiger partial charge in [-0.05, 0) is 11.1 Å². The first-order valence-corrected chi connectivity index (χ1v) is 18.4. The van der Waals surface area contributed by atoms with Crippen molar-refractivity contribution in [3.05, 3.63) is 157 Å². The van der Waals surface area contributed by atoms with Gasteiger partial charge in [0.05, 0.1) is 0 Å². The Balaban J connectivity index is 1.24. The molecule has 48 heavy (non-hydrogen) atoms.